The van der Waals surface area contributed by atoms with Crippen LogP contribution in [0.5, 0.6) is 0 Å². The SMILES string of the molecule is Cc1cc2nnc(S[C@@H](C)C(=O)N(C)c3ccccc3)n2c2ccccc12. The van der Waals surface area contributed by atoms with Gasteiger partial charge in [0.15, 0.2) is 10.8 Å². The number of benzene rings is 2. The van der Waals surface area contributed by atoms with Gasteiger partial charge >= 0.3 is 0 Å². The Hall–Kier alpha value is -2.86. The monoisotopic (exact) mass is 376 g/mol. The number of aryl methyl sites for hydroxylation is 1. The molecule has 0 spiro atoms. The normalized spacial score (nSPS) is 12.4. The van der Waals surface area contributed by atoms with Gasteiger partial charge in [0.2, 0.25) is 5.91 Å². The number of nitrogens with zero attached hydrogens (tertiary/aromatic N) is 4. The van der Waals surface area contributed by atoms with E-state index in [-0.39, 0.29) is 11.2 Å². The fourth-order valence-corrected chi connectivity index (χ4v) is 4.17. The van der Waals surface area contributed by atoms with Gasteiger partial charge in [-0.2, -0.15) is 0 Å². The summed E-state index contributed by atoms with van der Waals surface area (Å²) in [5.41, 5.74) is 3.89. The van der Waals surface area contributed by atoms with Crippen LogP contribution in [0.3, 0.4) is 0 Å². The average molecular weight is 376 g/mol. The number of hydrogen-bond donors (Lipinski definition) is 0. The lowest BCUT2D eigenvalue weighted by Crippen LogP contribution is -2.33. The maximum atomic E-state index is 12.9. The predicted octanol–water partition coefficient (Wildman–Crippen LogP) is 4.33. The second-order valence-corrected chi connectivity index (χ2v) is 7.82. The number of amides is 1. The number of carbonyl (C=O) groups is 1. The first kappa shape index (κ1) is 17.5. The zero-order valence-electron chi connectivity index (χ0n) is 15.5. The summed E-state index contributed by atoms with van der Waals surface area (Å²) >= 11 is 1.43. The molecule has 1 atom stereocenters. The van der Waals surface area contributed by atoms with E-state index in [0.717, 1.165) is 33.0 Å². The van der Waals surface area contributed by atoms with Gasteiger partial charge in [-0.05, 0) is 43.7 Å². The van der Waals surface area contributed by atoms with E-state index in [9.17, 15) is 4.79 Å². The van der Waals surface area contributed by atoms with E-state index < -0.39 is 0 Å². The van der Waals surface area contributed by atoms with Gasteiger partial charge in [-0.3, -0.25) is 9.20 Å². The molecule has 4 aromatic rings. The Morgan fingerprint density at radius 3 is 2.56 bits per heavy atom. The lowest BCUT2D eigenvalue weighted by atomic mass is 10.1. The Kier molecular flexibility index (Phi) is 4.58. The van der Waals surface area contributed by atoms with Gasteiger partial charge < -0.3 is 4.90 Å². The lowest BCUT2D eigenvalue weighted by Gasteiger charge is -2.20. The maximum Gasteiger partial charge on any atom is 0.240 e. The molecule has 0 fully saturated rings. The van der Waals surface area contributed by atoms with Crippen LogP contribution in [-0.4, -0.2) is 32.8 Å². The van der Waals surface area contributed by atoms with E-state index in [1.165, 1.54) is 11.8 Å². The molecule has 0 unspecified atom stereocenters. The summed E-state index contributed by atoms with van der Waals surface area (Å²) < 4.78 is 2.03. The zero-order valence-corrected chi connectivity index (χ0v) is 16.3. The van der Waals surface area contributed by atoms with Crippen molar-refractivity contribution >= 4 is 39.9 Å². The maximum absolute atomic E-state index is 12.9. The van der Waals surface area contributed by atoms with E-state index in [4.69, 9.17) is 0 Å². The molecule has 2 heterocycles. The van der Waals surface area contributed by atoms with Crippen molar-refractivity contribution in [2.75, 3.05) is 11.9 Å². The molecule has 2 aromatic heterocycles. The second-order valence-electron chi connectivity index (χ2n) is 6.51. The van der Waals surface area contributed by atoms with Gasteiger partial charge in [-0.1, -0.05) is 48.2 Å². The molecule has 0 saturated carbocycles. The van der Waals surface area contributed by atoms with Crippen molar-refractivity contribution in [2.45, 2.75) is 24.3 Å². The topological polar surface area (TPSA) is 50.5 Å². The van der Waals surface area contributed by atoms with E-state index in [1.54, 1.807) is 11.9 Å². The molecule has 0 radical (unpaired) electrons. The van der Waals surface area contributed by atoms with Gasteiger partial charge in [-0.15, -0.1) is 10.2 Å². The van der Waals surface area contributed by atoms with Crippen molar-refractivity contribution in [1.82, 2.24) is 14.6 Å². The molecule has 136 valence electrons. The third kappa shape index (κ3) is 3.17. The van der Waals surface area contributed by atoms with Gasteiger partial charge in [-0.25, -0.2) is 0 Å². The summed E-state index contributed by atoms with van der Waals surface area (Å²) in [6.07, 6.45) is 0. The Balaban J connectivity index is 1.67. The standard InChI is InChI=1S/C21H20N4OS/c1-14-13-19-22-23-21(25(19)18-12-8-7-11-17(14)18)27-15(2)20(26)24(3)16-9-5-4-6-10-16/h4-13,15H,1-3H3/t15-/m0/s1. The number of anilines is 1. The second kappa shape index (κ2) is 7.04. The summed E-state index contributed by atoms with van der Waals surface area (Å²) in [6.45, 7) is 3.98. The van der Waals surface area contributed by atoms with E-state index in [1.807, 2.05) is 59.9 Å². The summed E-state index contributed by atoms with van der Waals surface area (Å²) in [4.78, 5) is 14.6. The van der Waals surface area contributed by atoms with E-state index in [2.05, 4.69) is 29.3 Å². The Morgan fingerprint density at radius 1 is 1.07 bits per heavy atom. The van der Waals surface area contributed by atoms with Crippen LogP contribution in [-0.2, 0) is 4.79 Å². The molecule has 0 aliphatic heterocycles. The first-order valence-electron chi connectivity index (χ1n) is 8.79. The fourth-order valence-electron chi connectivity index (χ4n) is 3.21. The highest BCUT2D eigenvalue weighted by Crippen LogP contribution is 2.29. The molecule has 2 aromatic carbocycles. The molecule has 5 nitrogen and oxygen atoms in total. The minimum absolute atomic E-state index is 0.0272. The number of fused-ring (bicyclic) bond motifs is 3. The van der Waals surface area contributed by atoms with Gasteiger partial charge in [0.1, 0.15) is 0 Å². The van der Waals surface area contributed by atoms with Crippen molar-refractivity contribution in [3.63, 3.8) is 0 Å². The fraction of sp³-hybridized carbons (Fsp3) is 0.190. The van der Waals surface area contributed by atoms with Crippen LogP contribution in [0.25, 0.3) is 16.6 Å². The van der Waals surface area contributed by atoms with E-state index >= 15 is 0 Å². The molecular formula is C21H20N4OS. The van der Waals surface area contributed by atoms with Crippen LogP contribution in [0.4, 0.5) is 5.69 Å². The number of para-hydroxylation sites is 2. The summed E-state index contributed by atoms with van der Waals surface area (Å²) in [7, 11) is 1.80. The minimum Gasteiger partial charge on any atom is -0.315 e. The molecular weight excluding hydrogens is 356 g/mol. The Labute approximate surface area is 162 Å². The molecule has 0 saturated heterocycles. The van der Waals surface area contributed by atoms with Crippen LogP contribution in [0, 0.1) is 6.92 Å². The molecule has 0 bridgehead atoms. The first-order valence-corrected chi connectivity index (χ1v) is 9.67. The quantitative estimate of drug-likeness (QED) is 0.497. The molecule has 0 N–H and O–H groups in total. The third-order valence-electron chi connectivity index (χ3n) is 4.68. The summed E-state index contributed by atoms with van der Waals surface area (Å²) in [5, 5.41) is 10.3. The molecule has 6 heteroatoms. The number of pyridine rings is 1. The van der Waals surface area contributed by atoms with Crippen molar-refractivity contribution in [3.8, 4) is 0 Å². The zero-order chi connectivity index (χ0) is 19.0. The van der Waals surface area contributed by atoms with Crippen LogP contribution in [0.2, 0.25) is 0 Å². The summed E-state index contributed by atoms with van der Waals surface area (Å²) in [6, 6.07) is 19.9. The first-order chi connectivity index (χ1) is 13.1. The van der Waals surface area contributed by atoms with Crippen LogP contribution in [0.15, 0.2) is 65.8 Å². The smallest absolute Gasteiger partial charge is 0.240 e. The summed E-state index contributed by atoms with van der Waals surface area (Å²) in [5.74, 6) is 0.0272. The van der Waals surface area contributed by atoms with E-state index in [0.29, 0.717) is 0 Å². The minimum atomic E-state index is -0.289. The average Bonchev–Trinajstić information content (AvgIpc) is 3.10. The van der Waals surface area contributed by atoms with Crippen molar-refractivity contribution < 1.29 is 4.79 Å². The Morgan fingerprint density at radius 2 is 1.78 bits per heavy atom. The number of carbonyl (C=O) groups excluding carboxylic acids is 1. The van der Waals surface area contributed by atoms with Crippen molar-refractivity contribution in [2.24, 2.45) is 0 Å². The van der Waals surface area contributed by atoms with Gasteiger partial charge in [0.25, 0.3) is 0 Å². The lowest BCUT2D eigenvalue weighted by molar-refractivity contribution is -0.117. The van der Waals surface area contributed by atoms with Crippen LogP contribution in [0.1, 0.15) is 12.5 Å². The van der Waals surface area contributed by atoms with Crippen molar-refractivity contribution in [3.05, 3.63) is 66.2 Å². The number of hydrogen-bond acceptors (Lipinski definition) is 4. The van der Waals surface area contributed by atoms with Crippen molar-refractivity contribution in [1.29, 1.82) is 0 Å². The highest BCUT2D eigenvalue weighted by molar-refractivity contribution is 8.00. The molecule has 1 amide bonds. The molecule has 0 aliphatic carbocycles. The number of aromatic nitrogens is 3. The molecule has 0 aliphatic rings. The number of rotatable bonds is 4. The molecule has 27 heavy (non-hydrogen) atoms. The van der Waals surface area contributed by atoms with Gasteiger partial charge in [0, 0.05) is 18.1 Å². The van der Waals surface area contributed by atoms with Crippen LogP contribution < -0.4 is 4.90 Å². The Bertz CT molecular complexity index is 1120. The predicted molar refractivity (Wildman–Crippen MR) is 110 cm³/mol. The largest absolute Gasteiger partial charge is 0.315 e. The number of thioether (sulfide) groups is 1. The van der Waals surface area contributed by atoms with Gasteiger partial charge in [0.05, 0.1) is 10.8 Å². The molecule has 4 rings (SSSR count). The third-order valence-corrected chi connectivity index (χ3v) is 5.71. The highest BCUT2D eigenvalue weighted by Gasteiger charge is 2.22. The highest BCUT2D eigenvalue weighted by atomic mass is 32.2. The van der Waals surface area contributed by atoms with Crippen LogP contribution >= 0.6 is 11.8 Å².